The van der Waals surface area contributed by atoms with E-state index in [1.165, 1.54) is 13.2 Å². The van der Waals surface area contributed by atoms with Gasteiger partial charge in [0.15, 0.2) is 5.78 Å². The highest BCUT2D eigenvalue weighted by Crippen LogP contribution is 2.28. The van der Waals surface area contributed by atoms with Gasteiger partial charge in [-0.1, -0.05) is 30.3 Å². The van der Waals surface area contributed by atoms with Crippen molar-refractivity contribution in [3.63, 3.8) is 0 Å². The van der Waals surface area contributed by atoms with E-state index in [0.29, 0.717) is 41.8 Å². The van der Waals surface area contributed by atoms with Crippen molar-refractivity contribution in [3.8, 4) is 23.0 Å². The zero-order chi connectivity index (χ0) is 22.1. The Kier molecular flexibility index (Phi) is 7.71. The van der Waals surface area contributed by atoms with Crippen molar-refractivity contribution < 1.29 is 23.7 Å². The van der Waals surface area contributed by atoms with Gasteiger partial charge < -0.3 is 18.9 Å². The number of allylic oxidation sites excluding steroid dienone is 1. The quantitative estimate of drug-likeness (QED) is 0.318. The number of carbonyl (C=O) groups is 1. The number of rotatable bonds is 10. The molecule has 3 aromatic rings. The Morgan fingerprint density at radius 2 is 1.58 bits per heavy atom. The molecule has 0 atom stereocenters. The molecule has 0 heterocycles. The summed E-state index contributed by atoms with van der Waals surface area (Å²) in [7, 11) is 3.14. The first kappa shape index (κ1) is 22.0. The van der Waals surface area contributed by atoms with Crippen LogP contribution in [0, 0.1) is 0 Å². The molecule has 160 valence electrons. The van der Waals surface area contributed by atoms with Crippen LogP contribution in [0.15, 0.2) is 72.8 Å². The van der Waals surface area contributed by atoms with Gasteiger partial charge in [0.25, 0.3) is 0 Å². The lowest BCUT2D eigenvalue weighted by atomic mass is 10.1. The van der Waals surface area contributed by atoms with Crippen LogP contribution in [0.4, 0.5) is 0 Å². The summed E-state index contributed by atoms with van der Waals surface area (Å²) in [6, 6.07) is 20.6. The molecule has 0 radical (unpaired) electrons. The van der Waals surface area contributed by atoms with Gasteiger partial charge in [-0.15, -0.1) is 0 Å². The Morgan fingerprint density at radius 1 is 0.839 bits per heavy atom. The van der Waals surface area contributed by atoms with E-state index in [1.54, 1.807) is 37.5 Å². The maximum atomic E-state index is 12.8. The summed E-state index contributed by atoms with van der Waals surface area (Å²) in [5, 5.41) is 0. The molecule has 0 aliphatic heterocycles. The van der Waals surface area contributed by atoms with Gasteiger partial charge >= 0.3 is 0 Å². The molecule has 0 bridgehead atoms. The van der Waals surface area contributed by atoms with Crippen LogP contribution in [-0.4, -0.2) is 26.6 Å². The van der Waals surface area contributed by atoms with E-state index in [0.717, 1.165) is 11.1 Å². The molecule has 0 aliphatic rings. The van der Waals surface area contributed by atoms with Gasteiger partial charge in [-0.25, -0.2) is 0 Å². The average Bonchev–Trinajstić information content (AvgIpc) is 2.82. The van der Waals surface area contributed by atoms with E-state index >= 15 is 0 Å². The first-order valence-corrected chi connectivity index (χ1v) is 10.0. The average molecular weight is 418 g/mol. The summed E-state index contributed by atoms with van der Waals surface area (Å²) in [5.74, 6) is 2.27. The van der Waals surface area contributed by atoms with E-state index < -0.39 is 0 Å². The van der Waals surface area contributed by atoms with Crippen molar-refractivity contribution >= 4 is 11.9 Å². The van der Waals surface area contributed by atoms with E-state index in [9.17, 15) is 4.79 Å². The normalized spacial score (nSPS) is 10.7. The molecular formula is C26H26O5. The molecule has 5 heteroatoms. The van der Waals surface area contributed by atoms with Gasteiger partial charge in [0.05, 0.1) is 26.4 Å². The summed E-state index contributed by atoms with van der Waals surface area (Å²) in [4.78, 5) is 12.8. The van der Waals surface area contributed by atoms with Gasteiger partial charge in [-0.2, -0.15) is 0 Å². The molecule has 0 unspecified atom stereocenters. The van der Waals surface area contributed by atoms with Crippen LogP contribution in [0.3, 0.4) is 0 Å². The molecule has 0 saturated heterocycles. The molecular weight excluding hydrogens is 392 g/mol. The summed E-state index contributed by atoms with van der Waals surface area (Å²) in [5.41, 5.74) is 2.31. The van der Waals surface area contributed by atoms with E-state index in [2.05, 4.69) is 0 Å². The van der Waals surface area contributed by atoms with Crippen LogP contribution in [0.1, 0.15) is 28.4 Å². The van der Waals surface area contributed by atoms with Gasteiger partial charge in [0.2, 0.25) is 0 Å². The highest BCUT2D eigenvalue weighted by molar-refractivity contribution is 6.08. The summed E-state index contributed by atoms with van der Waals surface area (Å²) in [6.45, 7) is 2.86. The van der Waals surface area contributed by atoms with Gasteiger partial charge in [0.1, 0.15) is 29.6 Å². The molecule has 0 aromatic heterocycles. The van der Waals surface area contributed by atoms with Crippen molar-refractivity contribution in [2.24, 2.45) is 0 Å². The number of benzene rings is 3. The SMILES string of the molecule is CCOc1cc(OC)ccc1C=CC(=O)c1ccc(OCc2ccccc2)cc1OC. The molecule has 31 heavy (non-hydrogen) atoms. The van der Waals surface area contributed by atoms with Crippen LogP contribution in [0.2, 0.25) is 0 Å². The van der Waals surface area contributed by atoms with E-state index in [4.69, 9.17) is 18.9 Å². The largest absolute Gasteiger partial charge is 0.497 e. The second-order valence-electron chi connectivity index (χ2n) is 6.67. The minimum Gasteiger partial charge on any atom is -0.497 e. The lowest BCUT2D eigenvalue weighted by molar-refractivity contribution is 0.104. The molecule has 0 amide bonds. The fourth-order valence-electron chi connectivity index (χ4n) is 3.02. The minimum absolute atomic E-state index is 0.176. The Labute approximate surface area is 182 Å². The Balaban J connectivity index is 1.75. The van der Waals surface area contributed by atoms with Gasteiger partial charge in [-0.05, 0) is 48.9 Å². The van der Waals surface area contributed by atoms with Crippen molar-refractivity contribution in [2.45, 2.75) is 13.5 Å². The second kappa shape index (κ2) is 10.9. The third-order valence-electron chi connectivity index (χ3n) is 4.62. The molecule has 0 aliphatic carbocycles. The summed E-state index contributed by atoms with van der Waals surface area (Å²) >= 11 is 0. The number of hydrogen-bond donors (Lipinski definition) is 0. The smallest absolute Gasteiger partial charge is 0.189 e. The monoisotopic (exact) mass is 418 g/mol. The molecule has 0 fully saturated rings. The molecule has 3 rings (SSSR count). The van der Waals surface area contributed by atoms with Crippen molar-refractivity contribution in [1.82, 2.24) is 0 Å². The van der Waals surface area contributed by atoms with Crippen LogP contribution in [-0.2, 0) is 6.61 Å². The zero-order valence-electron chi connectivity index (χ0n) is 18.0. The summed E-state index contributed by atoms with van der Waals surface area (Å²) < 4.78 is 22.2. The molecule has 0 spiro atoms. The van der Waals surface area contributed by atoms with Crippen LogP contribution in [0.25, 0.3) is 6.08 Å². The lowest BCUT2D eigenvalue weighted by Gasteiger charge is -2.11. The predicted molar refractivity (Wildman–Crippen MR) is 121 cm³/mol. The third-order valence-corrected chi connectivity index (χ3v) is 4.62. The van der Waals surface area contributed by atoms with Crippen molar-refractivity contribution in [3.05, 3.63) is 89.5 Å². The number of hydrogen-bond acceptors (Lipinski definition) is 5. The maximum absolute atomic E-state index is 12.8. The third kappa shape index (κ3) is 5.89. The Bertz CT molecular complexity index is 1040. The standard InChI is InChI=1S/C26H26O5/c1-4-30-25-16-21(28-2)12-10-20(25)11-15-24(27)23-14-13-22(17-26(23)29-3)31-18-19-8-6-5-7-9-19/h5-17H,4,18H2,1-3H3. The second-order valence-corrected chi connectivity index (χ2v) is 6.67. The molecule has 3 aromatic carbocycles. The van der Waals surface area contributed by atoms with E-state index in [-0.39, 0.29) is 5.78 Å². The number of ether oxygens (including phenoxy) is 4. The van der Waals surface area contributed by atoms with Crippen molar-refractivity contribution in [2.75, 3.05) is 20.8 Å². The summed E-state index contributed by atoms with van der Waals surface area (Å²) in [6.07, 6.45) is 3.23. The van der Waals surface area contributed by atoms with Gasteiger partial charge in [0, 0.05) is 17.7 Å². The molecule has 0 N–H and O–H groups in total. The number of carbonyl (C=O) groups excluding carboxylic acids is 1. The predicted octanol–water partition coefficient (Wildman–Crippen LogP) is 5.58. The Morgan fingerprint density at radius 3 is 2.29 bits per heavy atom. The first-order valence-electron chi connectivity index (χ1n) is 10.0. The topological polar surface area (TPSA) is 54.0 Å². The van der Waals surface area contributed by atoms with Crippen LogP contribution < -0.4 is 18.9 Å². The maximum Gasteiger partial charge on any atom is 0.189 e. The first-order chi connectivity index (χ1) is 15.1. The van der Waals surface area contributed by atoms with Crippen molar-refractivity contribution in [1.29, 1.82) is 0 Å². The minimum atomic E-state index is -0.176. The lowest BCUT2D eigenvalue weighted by Crippen LogP contribution is -2.01. The van der Waals surface area contributed by atoms with E-state index in [1.807, 2.05) is 49.4 Å². The number of ketones is 1. The number of methoxy groups -OCH3 is 2. The highest BCUT2D eigenvalue weighted by Gasteiger charge is 2.12. The zero-order valence-corrected chi connectivity index (χ0v) is 18.0. The Hall–Kier alpha value is -3.73. The molecule has 5 nitrogen and oxygen atoms in total. The fourth-order valence-corrected chi connectivity index (χ4v) is 3.02. The van der Waals surface area contributed by atoms with Crippen LogP contribution >= 0.6 is 0 Å². The molecule has 0 saturated carbocycles. The highest BCUT2D eigenvalue weighted by atomic mass is 16.5. The van der Waals surface area contributed by atoms with Gasteiger partial charge in [-0.3, -0.25) is 4.79 Å². The van der Waals surface area contributed by atoms with Crippen LogP contribution in [0.5, 0.6) is 23.0 Å². The fraction of sp³-hybridized carbons (Fsp3) is 0.192.